The Morgan fingerprint density at radius 2 is 1.63 bits per heavy atom. The lowest BCUT2D eigenvalue weighted by Gasteiger charge is -2.21. The van der Waals surface area contributed by atoms with Crippen LogP contribution in [0.25, 0.3) is 0 Å². The summed E-state index contributed by atoms with van der Waals surface area (Å²) in [6, 6.07) is 8.99. The van der Waals surface area contributed by atoms with Gasteiger partial charge >= 0.3 is 13.2 Å². The largest absolute Gasteiger partial charge is 0.394 e. The van der Waals surface area contributed by atoms with Crippen molar-refractivity contribution in [3.05, 3.63) is 30.3 Å². The van der Waals surface area contributed by atoms with Gasteiger partial charge in [-0.15, -0.1) is 0 Å². The number of carbonyl (C=O) groups is 1. The number of carbonyl (C=O) groups excluding carboxylic acids is 1. The topological polar surface area (TPSA) is 76.0 Å². The highest BCUT2D eigenvalue weighted by Gasteiger charge is 2.52. The summed E-state index contributed by atoms with van der Waals surface area (Å²) in [5, 5.41) is 18.5. The summed E-state index contributed by atoms with van der Waals surface area (Å²) in [6.45, 7) is 1.42. The summed E-state index contributed by atoms with van der Waals surface area (Å²) in [5.74, 6) is 0. The quantitative estimate of drug-likeness (QED) is 0.665. The third-order valence-corrected chi connectivity index (χ3v) is 5.50. The van der Waals surface area contributed by atoms with Crippen LogP contribution in [0.3, 0.4) is 0 Å². The molecule has 2 N–H and O–H groups in total. The van der Waals surface area contributed by atoms with Crippen molar-refractivity contribution in [2.45, 2.75) is 13.3 Å². The SMILES string of the molecule is CCC(=O)[P+](OCCO)(OCCO)c1ccccc1. The Bertz CT molecular complexity index is 374. The molecule has 0 aliphatic rings. The fraction of sp³-hybridized carbons (Fsp3) is 0.462. The van der Waals surface area contributed by atoms with Crippen LogP contribution in [-0.4, -0.2) is 42.2 Å². The van der Waals surface area contributed by atoms with E-state index in [0.717, 1.165) is 0 Å². The molecule has 0 saturated heterocycles. The Kier molecular flexibility index (Phi) is 7.13. The molecule has 1 aromatic rings. The molecule has 0 aromatic heterocycles. The van der Waals surface area contributed by atoms with Crippen molar-refractivity contribution in [2.24, 2.45) is 0 Å². The van der Waals surface area contributed by atoms with Gasteiger partial charge in [0.15, 0.2) is 5.30 Å². The molecule has 0 aliphatic carbocycles. The van der Waals surface area contributed by atoms with Crippen LogP contribution in [-0.2, 0) is 13.8 Å². The molecular formula is C13H20O5P+. The molecule has 0 spiro atoms. The Labute approximate surface area is 113 Å². The first-order valence-electron chi connectivity index (χ1n) is 6.20. The van der Waals surface area contributed by atoms with Gasteiger partial charge in [-0.2, -0.15) is 9.05 Å². The Hall–Kier alpha value is -0.840. The number of aliphatic hydroxyl groups excluding tert-OH is 2. The van der Waals surface area contributed by atoms with Crippen LogP contribution in [0.5, 0.6) is 0 Å². The van der Waals surface area contributed by atoms with Crippen LogP contribution in [0.2, 0.25) is 0 Å². The number of hydrogen-bond acceptors (Lipinski definition) is 5. The molecule has 5 nitrogen and oxygen atoms in total. The van der Waals surface area contributed by atoms with Crippen LogP contribution >= 0.6 is 7.72 Å². The molecular weight excluding hydrogens is 267 g/mol. The molecule has 106 valence electrons. The van der Waals surface area contributed by atoms with Gasteiger partial charge < -0.3 is 10.2 Å². The molecule has 0 heterocycles. The normalized spacial score (nSPS) is 11.5. The van der Waals surface area contributed by atoms with Gasteiger partial charge in [-0.1, -0.05) is 25.1 Å². The summed E-state index contributed by atoms with van der Waals surface area (Å²) in [4.78, 5) is 12.3. The van der Waals surface area contributed by atoms with Gasteiger partial charge in [-0.3, -0.25) is 0 Å². The molecule has 0 radical (unpaired) electrons. The van der Waals surface area contributed by atoms with Gasteiger partial charge in [0, 0.05) is 6.42 Å². The van der Waals surface area contributed by atoms with Crippen LogP contribution < -0.4 is 5.30 Å². The lowest BCUT2D eigenvalue weighted by molar-refractivity contribution is -0.113. The fourth-order valence-corrected chi connectivity index (χ4v) is 4.25. The third kappa shape index (κ3) is 4.06. The zero-order valence-electron chi connectivity index (χ0n) is 11.0. The van der Waals surface area contributed by atoms with Gasteiger partial charge in [-0.05, 0) is 12.1 Å². The monoisotopic (exact) mass is 287 g/mol. The fourth-order valence-electron chi connectivity index (χ4n) is 1.65. The zero-order valence-corrected chi connectivity index (χ0v) is 11.9. The van der Waals surface area contributed by atoms with Gasteiger partial charge in [0.05, 0.1) is 13.2 Å². The van der Waals surface area contributed by atoms with E-state index in [0.29, 0.717) is 5.30 Å². The predicted octanol–water partition coefficient (Wildman–Crippen LogP) is 1.11. The van der Waals surface area contributed by atoms with Gasteiger partial charge in [0.1, 0.15) is 13.2 Å². The molecule has 0 fully saturated rings. The maximum atomic E-state index is 12.3. The van der Waals surface area contributed by atoms with E-state index in [1.165, 1.54) is 0 Å². The first-order valence-corrected chi connectivity index (χ1v) is 7.82. The highest BCUT2D eigenvalue weighted by Crippen LogP contribution is 2.61. The first kappa shape index (κ1) is 16.2. The number of rotatable bonds is 9. The summed E-state index contributed by atoms with van der Waals surface area (Å²) in [5.41, 5.74) is -0.138. The molecule has 19 heavy (non-hydrogen) atoms. The summed E-state index contributed by atoms with van der Waals surface area (Å²) in [6.07, 6.45) is 0.277. The van der Waals surface area contributed by atoms with Crippen LogP contribution in [0.1, 0.15) is 13.3 Å². The van der Waals surface area contributed by atoms with E-state index in [-0.39, 0.29) is 38.4 Å². The van der Waals surface area contributed by atoms with Crippen LogP contribution in [0.15, 0.2) is 30.3 Å². The summed E-state index contributed by atoms with van der Waals surface area (Å²) in [7, 11) is -2.93. The van der Waals surface area contributed by atoms with E-state index in [4.69, 9.17) is 19.3 Å². The lowest BCUT2D eigenvalue weighted by atomic mass is 10.4. The molecule has 0 amide bonds. The van der Waals surface area contributed by atoms with Crippen LogP contribution in [0.4, 0.5) is 0 Å². The summed E-state index contributed by atoms with van der Waals surface area (Å²) < 4.78 is 11.2. The van der Waals surface area contributed by atoms with Gasteiger partial charge in [-0.25, -0.2) is 4.79 Å². The first-order chi connectivity index (χ1) is 9.21. The van der Waals surface area contributed by atoms with Crippen molar-refractivity contribution in [3.63, 3.8) is 0 Å². The van der Waals surface area contributed by atoms with E-state index in [1.54, 1.807) is 31.2 Å². The van der Waals surface area contributed by atoms with E-state index >= 15 is 0 Å². The van der Waals surface area contributed by atoms with E-state index < -0.39 is 7.72 Å². The van der Waals surface area contributed by atoms with E-state index in [9.17, 15) is 4.79 Å². The molecule has 0 atom stereocenters. The van der Waals surface area contributed by atoms with Crippen molar-refractivity contribution in [2.75, 3.05) is 26.4 Å². The molecule has 0 aliphatic heterocycles. The maximum Gasteiger partial charge on any atom is 0.376 e. The highest BCUT2D eigenvalue weighted by atomic mass is 31.2. The Balaban J connectivity index is 3.13. The van der Waals surface area contributed by atoms with Crippen molar-refractivity contribution >= 4 is 18.5 Å². The summed E-state index contributed by atoms with van der Waals surface area (Å²) >= 11 is 0. The van der Waals surface area contributed by atoms with Gasteiger partial charge in [0.25, 0.3) is 0 Å². The van der Waals surface area contributed by atoms with Crippen molar-refractivity contribution in [1.82, 2.24) is 0 Å². The number of benzene rings is 1. The molecule has 0 unspecified atom stereocenters. The standard InChI is InChI=1S/C13H20O5P/c1-2-13(16)19(17-10-8-14,18-11-9-15)12-6-4-3-5-7-12/h3-7,14-15H,2,8-11H2,1H3/q+1. The second-order valence-electron chi connectivity index (χ2n) is 3.75. The minimum atomic E-state index is -2.93. The minimum Gasteiger partial charge on any atom is -0.394 e. The second-order valence-corrected chi connectivity index (χ2v) is 6.38. The van der Waals surface area contributed by atoms with E-state index in [2.05, 4.69) is 0 Å². The van der Waals surface area contributed by atoms with Gasteiger partial charge in [0.2, 0.25) is 0 Å². The average molecular weight is 287 g/mol. The van der Waals surface area contributed by atoms with Crippen molar-refractivity contribution < 1.29 is 24.1 Å². The molecule has 1 aromatic carbocycles. The molecule has 0 bridgehead atoms. The number of hydrogen-bond donors (Lipinski definition) is 2. The lowest BCUT2D eigenvalue weighted by Crippen LogP contribution is -2.25. The molecule has 6 heteroatoms. The number of aliphatic hydroxyl groups is 2. The highest BCUT2D eigenvalue weighted by molar-refractivity contribution is 7.89. The van der Waals surface area contributed by atoms with Crippen molar-refractivity contribution in [1.29, 1.82) is 0 Å². The van der Waals surface area contributed by atoms with Crippen molar-refractivity contribution in [3.8, 4) is 0 Å². The Morgan fingerprint density at radius 3 is 2.05 bits per heavy atom. The van der Waals surface area contributed by atoms with E-state index in [1.807, 2.05) is 6.07 Å². The smallest absolute Gasteiger partial charge is 0.376 e. The Morgan fingerprint density at radius 1 is 1.11 bits per heavy atom. The molecule has 1 rings (SSSR count). The van der Waals surface area contributed by atoms with Crippen LogP contribution in [0, 0.1) is 0 Å². The average Bonchev–Trinajstić information content (AvgIpc) is 2.48. The third-order valence-electron chi connectivity index (χ3n) is 2.46. The zero-order chi connectivity index (χ0) is 14.1. The minimum absolute atomic E-state index is 0.0276. The maximum absolute atomic E-state index is 12.3. The second kappa shape index (κ2) is 8.35. The molecule has 0 saturated carbocycles. The predicted molar refractivity (Wildman–Crippen MR) is 74.4 cm³/mol.